The molecule has 6 aliphatic rings. The first-order valence-corrected chi connectivity index (χ1v) is 22.0. The van der Waals surface area contributed by atoms with Gasteiger partial charge in [-0.2, -0.15) is 0 Å². The Morgan fingerprint density at radius 3 is 1.35 bits per heavy atom. The average molecular weight is 1020 g/mol. The van der Waals surface area contributed by atoms with Crippen molar-refractivity contribution in [2.45, 2.75) is 198 Å². The SMILES string of the molecule is CC(=O)N[C@H]1[C@H](O[C@H]2[C@@H](O)[C@@H](CO)O[C@@H](O[C@H]3[C@H](O)[C@@H](O)C(O)O[C@@H]3CO)[C@@H]2O)O[C@H](CO)[C@@H](O[C@@H]2O[C@H](CO)[C@H](O)[C@H](O[C@H]3O[C@H](CO)[C@H](O)[C@H](O)[C@H]3O)[C@H]2O[C@@H]2O[C@@H](C)[C@@H](O)[C@@H](O)[C@@H]2O)[C@@H]1O. The molecule has 0 radical (unpaired) electrons. The largest absolute Gasteiger partial charge is 0.394 e. The quantitative estimate of drug-likeness (QED) is 0.0682. The van der Waals surface area contributed by atoms with Gasteiger partial charge in [0.2, 0.25) is 5.91 Å². The zero-order valence-electron chi connectivity index (χ0n) is 36.8. The molecule has 0 aromatic carbocycles. The molecule has 69 heavy (non-hydrogen) atoms. The number of hydrogen-bond acceptors (Lipinski definition) is 30. The molecule has 1 amide bonds. The van der Waals surface area contributed by atoms with E-state index in [-0.39, 0.29) is 0 Å². The molecule has 6 heterocycles. The molecule has 0 saturated carbocycles. The lowest BCUT2D eigenvalue weighted by Gasteiger charge is -2.51. The van der Waals surface area contributed by atoms with Crippen LogP contribution in [0.3, 0.4) is 0 Å². The van der Waals surface area contributed by atoms with Gasteiger partial charge < -0.3 is 149 Å². The van der Waals surface area contributed by atoms with E-state index in [0.717, 1.165) is 6.92 Å². The third-order valence-electron chi connectivity index (χ3n) is 12.8. The van der Waals surface area contributed by atoms with Crippen LogP contribution in [0.2, 0.25) is 0 Å². The highest BCUT2D eigenvalue weighted by Gasteiger charge is 2.58. The topological polar surface area (TPSA) is 495 Å². The monoisotopic (exact) mass is 1020 g/mol. The maximum atomic E-state index is 12.7. The molecule has 6 fully saturated rings. The van der Waals surface area contributed by atoms with Crippen molar-refractivity contribution in [1.82, 2.24) is 5.32 Å². The fourth-order valence-electron chi connectivity index (χ4n) is 8.83. The highest BCUT2D eigenvalue weighted by atomic mass is 16.8. The van der Waals surface area contributed by atoms with Crippen LogP contribution in [0.25, 0.3) is 0 Å². The van der Waals surface area contributed by atoms with Crippen LogP contribution in [0.5, 0.6) is 0 Å². The third-order valence-corrected chi connectivity index (χ3v) is 12.8. The summed E-state index contributed by atoms with van der Waals surface area (Å²) in [6.07, 6.45) is -55.0. The van der Waals surface area contributed by atoms with Gasteiger partial charge in [0.15, 0.2) is 37.7 Å². The molecule has 31 heteroatoms. The summed E-state index contributed by atoms with van der Waals surface area (Å²) in [5.41, 5.74) is 0. The van der Waals surface area contributed by atoms with Crippen LogP contribution in [0.1, 0.15) is 13.8 Å². The van der Waals surface area contributed by atoms with Gasteiger partial charge in [0.05, 0.1) is 39.1 Å². The molecule has 0 aromatic rings. The van der Waals surface area contributed by atoms with Crippen molar-refractivity contribution in [1.29, 1.82) is 0 Å². The predicted molar refractivity (Wildman–Crippen MR) is 209 cm³/mol. The smallest absolute Gasteiger partial charge is 0.217 e. The first-order chi connectivity index (χ1) is 32.6. The zero-order valence-corrected chi connectivity index (χ0v) is 36.8. The standard InChI is InChI=1S/C38H65NO30/c1-8-16(46)21(51)25(55)35(59-8)69-32-31(68-36-26(56)22(52)17(47)10(3-40)61-36)19(49)12(5-42)63-38(32)66-28-14(7-44)64-34(15(20(28)50)39-9(2)45)67-30-18(48)11(4-41)62-37(27(30)57)65-29-13(6-43)60-33(58)24(54)23(29)53/h8,10-38,40-44,46-58H,3-7H2,1-2H3,(H,39,45)/t8-,10+,11+,12+,13+,14+,15+,16+,17-,18-,19-,20+,21+,22-,23+,24+,25-,26+,27+,28+,29+,30-,31-,32+,33?,34-,35-,36+,37-,38-/m0/s1. The number of nitrogens with one attached hydrogen (secondary N) is 1. The number of amides is 1. The van der Waals surface area contributed by atoms with E-state index in [1.54, 1.807) is 0 Å². The summed E-state index contributed by atoms with van der Waals surface area (Å²) < 4.78 is 63.1. The second kappa shape index (κ2) is 24.1. The molecular formula is C38H65NO30. The normalized spacial score (nSPS) is 52.1. The molecule has 0 aliphatic carbocycles. The highest BCUT2D eigenvalue weighted by Crippen LogP contribution is 2.38. The second-order valence-corrected chi connectivity index (χ2v) is 17.5. The third kappa shape index (κ3) is 11.8. The van der Waals surface area contributed by atoms with Gasteiger partial charge >= 0.3 is 0 Å². The van der Waals surface area contributed by atoms with E-state index in [0.29, 0.717) is 0 Å². The number of carbonyl (C=O) groups is 1. The van der Waals surface area contributed by atoms with Crippen LogP contribution >= 0.6 is 0 Å². The minimum Gasteiger partial charge on any atom is -0.394 e. The van der Waals surface area contributed by atoms with E-state index in [1.165, 1.54) is 6.92 Å². The van der Waals surface area contributed by atoms with Gasteiger partial charge in [-0.1, -0.05) is 0 Å². The van der Waals surface area contributed by atoms with Crippen LogP contribution in [0.15, 0.2) is 0 Å². The molecule has 6 aliphatic heterocycles. The number of carbonyl (C=O) groups excluding carboxylic acids is 1. The van der Waals surface area contributed by atoms with E-state index in [9.17, 15) is 96.7 Å². The minimum absolute atomic E-state index is 0.869. The summed E-state index contributed by atoms with van der Waals surface area (Å²) in [5.74, 6) is -0.869. The molecule has 31 nitrogen and oxygen atoms in total. The molecule has 6 saturated heterocycles. The number of ether oxygens (including phenoxy) is 11. The van der Waals surface area contributed by atoms with Gasteiger partial charge in [0.25, 0.3) is 0 Å². The summed E-state index contributed by atoms with van der Waals surface area (Å²) >= 11 is 0. The van der Waals surface area contributed by atoms with Gasteiger partial charge in [-0.3, -0.25) is 4.79 Å². The number of rotatable bonds is 16. The summed E-state index contributed by atoms with van der Waals surface area (Å²) in [6, 6.07) is -1.82. The Balaban J connectivity index is 1.30. The van der Waals surface area contributed by atoms with Gasteiger partial charge in [-0.05, 0) is 6.92 Å². The van der Waals surface area contributed by atoms with Crippen molar-refractivity contribution in [3.8, 4) is 0 Å². The summed E-state index contributed by atoms with van der Waals surface area (Å²) in [7, 11) is 0. The van der Waals surface area contributed by atoms with E-state index in [1.807, 2.05) is 0 Å². The van der Waals surface area contributed by atoms with Gasteiger partial charge in [-0.25, -0.2) is 0 Å². The van der Waals surface area contributed by atoms with Crippen molar-refractivity contribution in [3.05, 3.63) is 0 Å². The van der Waals surface area contributed by atoms with Crippen LogP contribution in [0, 0.1) is 0 Å². The lowest BCUT2D eigenvalue weighted by molar-refractivity contribution is -0.405. The Morgan fingerprint density at radius 2 is 0.783 bits per heavy atom. The van der Waals surface area contributed by atoms with E-state index in [2.05, 4.69) is 5.32 Å². The maximum Gasteiger partial charge on any atom is 0.217 e. The molecule has 0 spiro atoms. The predicted octanol–water partition coefficient (Wildman–Crippen LogP) is -12.9. The fourth-order valence-corrected chi connectivity index (χ4v) is 8.83. The summed E-state index contributed by atoms with van der Waals surface area (Å²) in [4.78, 5) is 12.7. The van der Waals surface area contributed by atoms with Crippen molar-refractivity contribution in [2.75, 3.05) is 33.0 Å². The molecule has 0 bridgehead atoms. The van der Waals surface area contributed by atoms with Crippen molar-refractivity contribution >= 4 is 5.91 Å². The van der Waals surface area contributed by atoms with Crippen LogP contribution in [-0.2, 0) is 56.9 Å². The average Bonchev–Trinajstić information content (AvgIpc) is 3.32. The zero-order chi connectivity index (χ0) is 50.9. The van der Waals surface area contributed by atoms with Gasteiger partial charge in [0.1, 0.15) is 140 Å². The van der Waals surface area contributed by atoms with Crippen molar-refractivity contribution < 1.29 is 149 Å². The second-order valence-electron chi connectivity index (χ2n) is 17.5. The summed E-state index contributed by atoms with van der Waals surface area (Å²) in [6.45, 7) is -2.63. The van der Waals surface area contributed by atoms with Crippen LogP contribution < -0.4 is 5.32 Å². The number of aliphatic hydroxyl groups is 18. The molecule has 6 rings (SSSR count). The van der Waals surface area contributed by atoms with E-state index >= 15 is 0 Å². The van der Waals surface area contributed by atoms with Gasteiger partial charge in [0, 0.05) is 6.92 Å². The van der Waals surface area contributed by atoms with Crippen molar-refractivity contribution in [2.24, 2.45) is 0 Å². The Bertz CT molecular complexity index is 1610. The molecule has 19 N–H and O–H groups in total. The van der Waals surface area contributed by atoms with Gasteiger partial charge in [-0.15, -0.1) is 0 Å². The Kier molecular flexibility index (Phi) is 19.8. The minimum atomic E-state index is -2.14. The Morgan fingerprint density at radius 1 is 0.377 bits per heavy atom. The first-order valence-electron chi connectivity index (χ1n) is 22.0. The molecule has 0 aromatic heterocycles. The maximum absolute atomic E-state index is 12.7. The van der Waals surface area contributed by atoms with Crippen LogP contribution in [0.4, 0.5) is 0 Å². The molecule has 402 valence electrons. The number of aliphatic hydroxyl groups excluding tert-OH is 18. The van der Waals surface area contributed by atoms with E-state index < -0.39 is 223 Å². The van der Waals surface area contributed by atoms with E-state index in [4.69, 9.17) is 52.1 Å². The molecule has 30 atom stereocenters. The lowest BCUT2D eigenvalue weighted by atomic mass is 9.94. The van der Waals surface area contributed by atoms with Crippen LogP contribution in [-0.4, -0.2) is 315 Å². The lowest BCUT2D eigenvalue weighted by Crippen LogP contribution is -2.70. The molecule has 1 unspecified atom stereocenters. The molecular weight excluding hydrogens is 950 g/mol. The van der Waals surface area contributed by atoms with Crippen molar-refractivity contribution in [3.63, 3.8) is 0 Å². The highest BCUT2D eigenvalue weighted by molar-refractivity contribution is 5.73. The Labute approximate surface area is 390 Å². The Hall–Kier alpha value is -1.69. The number of hydrogen-bond donors (Lipinski definition) is 19. The first kappa shape index (κ1) is 56.6. The fraction of sp³-hybridized carbons (Fsp3) is 0.974. The summed E-state index contributed by atoms with van der Waals surface area (Å²) in [5, 5.41) is 194.